The molecular weight excluding hydrogens is 415 g/mol. The second kappa shape index (κ2) is 8.86. The fraction of sp³-hybridized carbons (Fsp3) is 0.300. The molecule has 156 valence electrons. The number of aryl methyl sites for hydroxylation is 1. The molecule has 10 heteroatoms. The normalized spacial score (nSPS) is 13.7. The highest BCUT2D eigenvalue weighted by Gasteiger charge is 2.20. The molecule has 1 aliphatic heterocycles. The van der Waals surface area contributed by atoms with Crippen molar-refractivity contribution in [3.63, 3.8) is 0 Å². The number of rotatable bonds is 5. The highest BCUT2D eigenvalue weighted by Crippen LogP contribution is 2.29. The molecule has 1 aliphatic rings. The summed E-state index contributed by atoms with van der Waals surface area (Å²) in [7, 11) is 0. The van der Waals surface area contributed by atoms with Gasteiger partial charge in [-0.1, -0.05) is 6.42 Å². The summed E-state index contributed by atoms with van der Waals surface area (Å²) in [5.74, 6) is -2.56. The Morgan fingerprint density at radius 1 is 1.17 bits per heavy atom. The Kier molecular flexibility index (Phi) is 6.03. The minimum Gasteiger partial charge on any atom is -0.322 e. The summed E-state index contributed by atoms with van der Waals surface area (Å²) < 4.78 is 42.0. The third-order valence-electron chi connectivity index (χ3n) is 4.79. The number of thioether (sulfide) groups is 1. The lowest BCUT2D eigenvalue weighted by Gasteiger charge is -2.11. The van der Waals surface area contributed by atoms with Crippen LogP contribution in [0, 0.1) is 5.82 Å². The Morgan fingerprint density at radius 2 is 2.03 bits per heavy atom. The van der Waals surface area contributed by atoms with E-state index >= 15 is 0 Å². The second-order valence-electron chi connectivity index (χ2n) is 6.79. The molecule has 0 unspecified atom stereocenters. The van der Waals surface area contributed by atoms with E-state index in [-0.39, 0.29) is 27.9 Å². The van der Waals surface area contributed by atoms with Crippen LogP contribution in [0.15, 0.2) is 41.6 Å². The fourth-order valence-corrected chi connectivity index (χ4v) is 3.98. The van der Waals surface area contributed by atoms with Crippen LogP contribution in [0.5, 0.6) is 0 Å². The van der Waals surface area contributed by atoms with E-state index in [0.717, 1.165) is 31.5 Å². The topological polar surface area (TPSA) is 72.7 Å². The van der Waals surface area contributed by atoms with Gasteiger partial charge in [-0.2, -0.15) is 8.78 Å². The summed E-state index contributed by atoms with van der Waals surface area (Å²) in [6.45, 7) is 0.706. The molecule has 2 aromatic heterocycles. The maximum atomic E-state index is 14.6. The highest BCUT2D eigenvalue weighted by atomic mass is 32.2. The van der Waals surface area contributed by atoms with Crippen molar-refractivity contribution in [1.29, 1.82) is 0 Å². The van der Waals surface area contributed by atoms with E-state index in [1.165, 1.54) is 36.5 Å². The van der Waals surface area contributed by atoms with Gasteiger partial charge in [0.1, 0.15) is 16.7 Å². The maximum absolute atomic E-state index is 14.6. The third kappa shape index (κ3) is 4.33. The van der Waals surface area contributed by atoms with Crippen molar-refractivity contribution in [2.75, 3.05) is 5.32 Å². The molecule has 0 spiro atoms. The zero-order valence-electron chi connectivity index (χ0n) is 15.8. The van der Waals surface area contributed by atoms with Crippen LogP contribution in [0.25, 0.3) is 11.4 Å². The highest BCUT2D eigenvalue weighted by molar-refractivity contribution is 7.99. The molecule has 1 aromatic carbocycles. The molecule has 3 aromatic rings. The Morgan fingerprint density at radius 3 is 2.87 bits per heavy atom. The lowest BCUT2D eigenvalue weighted by Crippen LogP contribution is -2.14. The molecule has 4 rings (SSSR count). The largest absolute Gasteiger partial charge is 0.322 e. The van der Waals surface area contributed by atoms with Gasteiger partial charge in [-0.3, -0.25) is 4.79 Å². The fourth-order valence-electron chi connectivity index (χ4n) is 3.40. The van der Waals surface area contributed by atoms with Crippen molar-refractivity contribution in [2.45, 2.75) is 43.0 Å². The lowest BCUT2D eigenvalue weighted by atomic mass is 10.1. The molecule has 1 N–H and O–H groups in total. The first-order chi connectivity index (χ1) is 14.5. The van der Waals surface area contributed by atoms with Crippen LogP contribution in [0.4, 0.5) is 18.9 Å². The van der Waals surface area contributed by atoms with E-state index in [1.807, 2.05) is 4.57 Å². The number of nitrogens with zero attached hydrogens (tertiary/aromatic N) is 4. The van der Waals surface area contributed by atoms with Crippen molar-refractivity contribution >= 4 is 23.4 Å². The summed E-state index contributed by atoms with van der Waals surface area (Å²) >= 11 is 0.198. The molecule has 3 heterocycles. The van der Waals surface area contributed by atoms with Gasteiger partial charge in [-0.25, -0.2) is 9.37 Å². The number of pyridine rings is 1. The van der Waals surface area contributed by atoms with Gasteiger partial charge in [-0.15, -0.1) is 10.2 Å². The van der Waals surface area contributed by atoms with E-state index in [1.54, 1.807) is 0 Å². The standard InChI is InChI=1S/C20H18F3N5OS/c21-15-8-7-12(25-18(29)13-5-4-9-24-19(13)30-20(22)23)11-14(15)17-27-26-16-6-2-1-3-10-28(16)17/h4-5,7-9,11,20H,1-3,6,10H2,(H,25,29). The SMILES string of the molecule is O=C(Nc1ccc(F)c(-c2nnc3n2CCCCC3)c1)c1cccnc1SC(F)F. The van der Waals surface area contributed by atoms with Gasteiger partial charge < -0.3 is 9.88 Å². The third-order valence-corrected chi connectivity index (χ3v) is 5.52. The first kappa shape index (κ1) is 20.4. The first-order valence-corrected chi connectivity index (χ1v) is 10.3. The van der Waals surface area contributed by atoms with Crippen LogP contribution in [-0.4, -0.2) is 31.4 Å². The maximum Gasteiger partial charge on any atom is 0.290 e. The predicted molar refractivity (Wildman–Crippen MR) is 107 cm³/mol. The average molecular weight is 433 g/mol. The summed E-state index contributed by atoms with van der Waals surface area (Å²) in [6.07, 6.45) is 5.18. The molecule has 0 radical (unpaired) electrons. The number of carbonyl (C=O) groups is 1. The number of carbonyl (C=O) groups excluding carboxylic acids is 1. The number of aromatic nitrogens is 4. The predicted octanol–water partition coefficient (Wildman–Crippen LogP) is 4.77. The number of anilines is 1. The number of halogens is 3. The molecule has 0 atom stereocenters. The van der Waals surface area contributed by atoms with Crippen molar-refractivity contribution in [3.8, 4) is 11.4 Å². The molecular formula is C20H18F3N5OS. The summed E-state index contributed by atoms with van der Waals surface area (Å²) in [5, 5.41) is 10.9. The zero-order valence-corrected chi connectivity index (χ0v) is 16.6. The number of nitrogens with one attached hydrogen (secondary N) is 1. The Bertz CT molecular complexity index is 1070. The number of benzene rings is 1. The summed E-state index contributed by atoms with van der Waals surface area (Å²) in [6, 6.07) is 7.03. The molecule has 0 bridgehead atoms. The van der Waals surface area contributed by atoms with Crippen molar-refractivity contribution in [3.05, 3.63) is 53.7 Å². The van der Waals surface area contributed by atoms with Crippen LogP contribution in [0.3, 0.4) is 0 Å². The van der Waals surface area contributed by atoms with Crippen molar-refractivity contribution in [2.24, 2.45) is 0 Å². The van der Waals surface area contributed by atoms with Gasteiger partial charge in [0.15, 0.2) is 5.82 Å². The molecule has 0 fully saturated rings. The minimum absolute atomic E-state index is 0.0185. The van der Waals surface area contributed by atoms with Crippen molar-refractivity contribution in [1.82, 2.24) is 19.7 Å². The van der Waals surface area contributed by atoms with Crippen LogP contribution >= 0.6 is 11.8 Å². The average Bonchev–Trinajstić information content (AvgIpc) is 2.97. The van der Waals surface area contributed by atoms with E-state index < -0.39 is 17.5 Å². The Balaban J connectivity index is 1.62. The first-order valence-electron chi connectivity index (χ1n) is 9.46. The van der Waals surface area contributed by atoms with Gasteiger partial charge in [0.2, 0.25) is 0 Å². The number of hydrogen-bond acceptors (Lipinski definition) is 5. The molecule has 0 saturated carbocycles. The van der Waals surface area contributed by atoms with Gasteiger partial charge in [0, 0.05) is 24.8 Å². The van der Waals surface area contributed by atoms with Gasteiger partial charge in [0.05, 0.1) is 11.1 Å². The summed E-state index contributed by atoms with van der Waals surface area (Å²) in [4.78, 5) is 16.5. The molecule has 30 heavy (non-hydrogen) atoms. The number of fused-ring (bicyclic) bond motifs is 1. The van der Waals surface area contributed by atoms with Gasteiger partial charge in [0.25, 0.3) is 11.7 Å². The van der Waals surface area contributed by atoms with Crippen molar-refractivity contribution < 1.29 is 18.0 Å². The lowest BCUT2D eigenvalue weighted by molar-refractivity contribution is 0.102. The van der Waals surface area contributed by atoms with E-state index in [0.29, 0.717) is 18.1 Å². The quantitative estimate of drug-likeness (QED) is 0.587. The number of hydrogen-bond donors (Lipinski definition) is 1. The van der Waals surface area contributed by atoms with E-state index in [9.17, 15) is 18.0 Å². The van der Waals surface area contributed by atoms with E-state index in [4.69, 9.17) is 0 Å². The smallest absolute Gasteiger partial charge is 0.290 e. The Labute approximate surface area is 174 Å². The van der Waals surface area contributed by atoms with Crippen LogP contribution < -0.4 is 5.32 Å². The molecule has 0 saturated heterocycles. The van der Waals surface area contributed by atoms with E-state index in [2.05, 4.69) is 20.5 Å². The molecule has 1 amide bonds. The summed E-state index contributed by atoms with van der Waals surface area (Å²) in [5.41, 5.74) is 0.561. The Hall–Kier alpha value is -2.88. The molecule has 6 nitrogen and oxygen atoms in total. The zero-order chi connectivity index (χ0) is 21.1. The number of alkyl halides is 2. The minimum atomic E-state index is -2.70. The molecule has 0 aliphatic carbocycles. The van der Waals surface area contributed by atoms with Crippen LogP contribution in [-0.2, 0) is 13.0 Å². The van der Waals surface area contributed by atoms with Crippen LogP contribution in [0.1, 0.15) is 35.4 Å². The van der Waals surface area contributed by atoms with Gasteiger partial charge in [-0.05, 0) is 54.9 Å². The monoisotopic (exact) mass is 433 g/mol. The van der Waals surface area contributed by atoms with Crippen LogP contribution in [0.2, 0.25) is 0 Å². The second-order valence-corrected chi connectivity index (χ2v) is 7.76. The van der Waals surface area contributed by atoms with Gasteiger partial charge >= 0.3 is 0 Å². The number of amides is 1.